The lowest BCUT2D eigenvalue weighted by Crippen LogP contribution is -2.50. The first-order valence-corrected chi connectivity index (χ1v) is 10.9. The van der Waals surface area contributed by atoms with Crippen LogP contribution in [0.1, 0.15) is 32.8 Å². The van der Waals surface area contributed by atoms with Crippen LogP contribution in [0.3, 0.4) is 0 Å². The fraction of sp³-hybridized carbons (Fsp3) is 0.364. The minimum Gasteiger partial charge on any atom is -0.352 e. The van der Waals surface area contributed by atoms with Gasteiger partial charge >= 0.3 is 0 Å². The van der Waals surface area contributed by atoms with Crippen molar-refractivity contribution in [2.45, 2.75) is 50.7 Å². The molecule has 0 unspecified atom stereocenters. The number of amides is 2. The molecule has 0 radical (unpaired) electrons. The summed E-state index contributed by atoms with van der Waals surface area (Å²) in [4.78, 5) is 28.3. The predicted molar refractivity (Wildman–Crippen MR) is 116 cm³/mol. The van der Waals surface area contributed by atoms with Gasteiger partial charge in [-0.1, -0.05) is 30.7 Å². The highest BCUT2D eigenvalue weighted by Crippen LogP contribution is 2.22. The smallest absolute Gasteiger partial charge is 0.243 e. The van der Waals surface area contributed by atoms with E-state index in [9.17, 15) is 14.0 Å². The molecule has 0 saturated carbocycles. The van der Waals surface area contributed by atoms with Crippen LogP contribution in [0.4, 0.5) is 4.39 Å². The molecule has 1 atom stereocenters. The molecule has 0 aliphatic carbocycles. The number of nitrogens with zero attached hydrogens (tertiary/aromatic N) is 1. The Balaban J connectivity index is 2.18. The van der Waals surface area contributed by atoms with Crippen molar-refractivity contribution in [2.75, 3.05) is 5.75 Å². The van der Waals surface area contributed by atoms with Crippen LogP contribution in [0.2, 0.25) is 5.02 Å². The molecule has 156 valence electrons. The summed E-state index contributed by atoms with van der Waals surface area (Å²) >= 11 is 7.30. The molecule has 2 amide bonds. The van der Waals surface area contributed by atoms with E-state index in [2.05, 4.69) is 5.32 Å². The van der Waals surface area contributed by atoms with Crippen LogP contribution in [0.5, 0.6) is 0 Å². The molecule has 4 nitrogen and oxygen atoms in total. The molecule has 7 heteroatoms. The molecular weight excluding hydrogens is 411 g/mol. The quantitative estimate of drug-likeness (QED) is 0.568. The summed E-state index contributed by atoms with van der Waals surface area (Å²) in [6, 6.07) is 12.6. The van der Waals surface area contributed by atoms with Crippen molar-refractivity contribution >= 4 is 35.2 Å². The van der Waals surface area contributed by atoms with Crippen LogP contribution >= 0.6 is 23.4 Å². The molecule has 0 fully saturated rings. The van der Waals surface area contributed by atoms with Crippen molar-refractivity contribution in [1.82, 2.24) is 10.2 Å². The molecule has 0 saturated heterocycles. The van der Waals surface area contributed by atoms with Crippen molar-refractivity contribution in [2.24, 2.45) is 0 Å². The molecule has 0 aliphatic heterocycles. The van der Waals surface area contributed by atoms with E-state index in [1.165, 1.54) is 23.9 Å². The van der Waals surface area contributed by atoms with Crippen LogP contribution in [0.15, 0.2) is 53.4 Å². The number of nitrogens with one attached hydrogen (secondary N) is 1. The number of rotatable bonds is 9. The Morgan fingerprint density at radius 2 is 1.72 bits per heavy atom. The van der Waals surface area contributed by atoms with Crippen molar-refractivity contribution < 1.29 is 14.0 Å². The molecule has 29 heavy (non-hydrogen) atoms. The second kappa shape index (κ2) is 11.2. The van der Waals surface area contributed by atoms with E-state index in [0.29, 0.717) is 11.4 Å². The number of benzene rings is 2. The highest BCUT2D eigenvalue weighted by atomic mass is 35.5. The van der Waals surface area contributed by atoms with Gasteiger partial charge < -0.3 is 10.2 Å². The van der Waals surface area contributed by atoms with Gasteiger partial charge in [0.1, 0.15) is 11.9 Å². The maximum atomic E-state index is 13.3. The molecule has 0 bridgehead atoms. The molecular formula is C22H26ClFN2O2S. The van der Waals surface area contributed by atoms with Crippen LogP contribution in [-0.4, -0.2) is 34.6 Å². The summed E-state index contributed by atoms with van der Waals surface area (Å²) in [6.07, 6.45) is 0.483. The largest absolute Gasteiger partial charge is 0.352 e. The van der Waals surface area contributed by atoms with Gasteiger partial charge in [-0.2, -0.15) is 0 Å². The van der Waals surface area contributed by atoms with Gasteiger partial charge in [0.15, 0.2) is 0 Å². The summed E-state index contributed by atoms with van der Waals surface area (Å²) in [6.45, 7) is 5.88. The standard InChI is InChI=1S/C22H26ClFN2O2S/c1-4-20(22(28)25-15(2)3)26(13-16-5-9-18(24)10-6-16)21(27)14-29-19-11-7-17(23)8-12-19/h5-12,15,20H,4,13-14H2,1-3H3,(H,25,28)/t20-/m0/s1. The Kier molecular flexibility index (Phi) is 8.99. The third-order valence-corrected chi connectivity index (χ3v) is 5.51. The maximum absolute atomic E-state index is 13.3. The van der Waals surface area contributed by atoms with Crippen molar-refractivity contribution in [3.05, 3.63) is 64.9 Å². The lowest BCUT2D eigenvalue weighted by molar-refractivity contribution is -0.139. The fourth-order valence-corrected chi connectivity index (χ4v) is 3.76. The number of halogens is 2. The topological polar surface area (TPSA) is 49.4 Å². The van der Waals surface area contributed by atoms with Crippen LogP contribution < -0.4 is 5.32 Å². The highest BCUT2D eigenvalue weighted by Gasteiger charge is 2.28. The number of hydrogen-bond donors (Lipinski definition) is 1. The SMILES string of the molecule is CC[C@@H](C(=O)NC(C)C)N(Cc1ccc(F)cc1)C(=O)CSc1ccc(Cl)cc1. The lowest BCUT2D eigenvalue weighted by atomic mass is 10.1. The molecule has 0 spiro atoms. The molecule has 2 aromatic rings. The number of carbonyl (C=O) groups is 2. The lowest BCUT2D eigenvalue weighted by Gasteiger charge is -2.31. The van der Waals surface area contributed by atoms with Gasteiger partial charge in [-0.05, 0) is 62.2 Å². The Labute approximate surface area is 180 Å². The first kappa shape index (κ1) is 23.2. The van der Waals surface area contributed by atoms with Gasteiger partial charge in [0, 0.05) is 22.5 Å². The van der Waals surface area contributed by atoms with E-state index in [0.717, 1.165) is 10.5 Å². The Morgan fingerprint density at radius 3 is 2.28 bits per heavy atom. The average Bonchev–Trinajstić information content (AvgIpc) is 2.68. The summed E-state index contributed by atoms with van der Waals surface area (Å²) in [5.41, 5.74) is 0.770. The zero-order chi connectivity index (χ0) is 21.4. The maximum Gasteiger partial charge on any atom is 0.243 e. The van der Waals surface area contributed by atoms with E-state index >= 15 is 0 Å². The Bertz CT molecular complexity index is 813. The summed E-state index contributed by atoms with van der Waals surface area (Å²) in [5, 5.41) is 3.52. The van der Waals surface area contributed by atoms with Gasteiger partial charge in [0.2, 0.25) is 11.8 Å². The minimum absolute atomic E-state index is 0.0252. The molecule has 0 aromatic heterocycles. The van der Waals surface area contributed by atoms with E-state index in [1.54, 1.807) is 29.2 Å². The fourth-order valence-electron chi connectivity index (χ4n) is 2.85. The summed E-state index contributed by atoms with van der Waals surface area (Å²) in [5.74, 6) is -0.488. The van der Waals surface area contributed by atoms with Crippen LogP contribution in [0, 0.1) is 5.82 Å². The number of thioether (sulfide) groups is 1. The van der Waals surface area contributed by atoms with Crippen molar-refractivity contribution in [3.8, 4) is 0 Å². The van der Waals surface area contributed by atoms with Crippen molar-refractivity contribution in [1.29, 1.82) is 0 Å². The molecule has 0 heterocycles. The number of carbonyl (C=O) groups excluding carboxylic acids is 2. The van der Waals surface area contributed by atoms with E-state index in [-0.39, 0.29) is 36.0 Å². The highest BCUT2D eigenvalue weighted by molar-refractivity contribution is 8.00. The zero-order valence-corrected chi connectivity index (χ0v) is 18.4. The van der Waals surface area contributed by atoms with Gasteiger partial charge in [-0.15, -0.1) is 11.8 Å². The summed E-state index contributed by atoms with van der Waals surface area (Å²) < 4.78 is 13.3. The average molecular weight is 437 g/mol. The normalized spacial score (nSPS) is 11.9. The second-order valence-electron chi connectivity index (χ2n) is 6.98. The molecule has 1 N–H and O–H groups in total. The van der Waals surface area contributed by atoms with Gasteiger partial charge in [-0.3, -0.25) is 9.59 Å². The zero-order valence-electron chi connectivity index (χ0n) is 16.8. The van der Waals surface area contributed by atoms with Crippen LogP contribution in [0.25, 0.3) is 0 Å². The van der Waals surface area contributed by atoms with E-state index in [1.807, 2.05) is 32.9 Å². The summed E-state index contributed by atoms with van der Waals surface area (Å²) in [7, 11) is 0. The molecule has 2 rings (SSSR count). The van der Waals surface area contributed by atoms with E-state index in [4.69, 9.17) is 11.6 Å². The first-order chi connectivity index (χ1) is 13.8. The number of hydrogen-bond acceptors (Lipinski definition) is 3. The molecule has 2 aromatic carbocycles. The van der Waals surface area contributed by atoms with Gasteiger partial charge in [0.05, 0.1) is 5.75 Å². The first-order valence-electron chi connectivity index (χ1n) is 9.52. The third kappa shape index (κ3) is 7.37. The second-order valence-corrected chi connectivity index (χ2v) is 8.46. The Hall–Kier alpha value is -2.05. The van der Waals surface area contributed by atoms with Gasteiger partial charge in [0.25, 0.3) is 0 Å². The Morgan fingerprint density at radius 1 is 1.10 bits per heavy atom. The van der Waals surface area contributed by atoms with Gasteiger partial charge in [-0.25, -0.2) is 4.39 Å². The monoisotopic (exact) mass is 436 g/mol. The molecule has 0 aliphatic rings. The van der Waals surface area contributed by atoms with Crippen molar-refractivity contribution in [3.63, 3.8) is 0 Å². The minimum atomic E-state index is -0.597. The van der Waals surface area contributed by atoms with E-state index < -0.39 is 6.04 Å². The predicted octanol–water partition coefficient (Wildman–Crippen LogP) is 4.90. The third-order valence-electron chi connectivity index (χ3n) is 4.26. The van der Waals surface area contributed by atoms with Crippen LogP contribution in [-0.2, 0) is 16.1 Å².